The van der Waals surface area contributed by atoms with Crippen LogP contribution in [0.1, 0.15) is 0 Å². The van der Waals surface area contributed by atoms with Crippen molar-refractivity contribution in [2.75, 3.05) is 7.11 Å². The molecule has 0 aliphatic heterocycles. The largest absolute Gasteiger partial charge is 0.496 e. The van der Waals surface area contributed by atoms with Gasteiger partial charge < -0.3 is 9.30 Å². The van der Waals surface area contributed by atoms with Gasteiger partial charge in [-0.25, -0.2) is 0 Å². The highest BCUT2D eigenvalue weighted by atomic mass is 32.1. The standard InChI is InChI=1S/C19H16N2OS/c1-20-18(15-9-5-6-12-21(15)19(20)23)17-14-8-4-3-7-13(14)10-11-16(17)22-2/h3-12H,1-2H3. The maximum atomic E-state index is 5.66. The number of fused-ring (bicyclic) bond motifs is 2. The van der Waals surface area contributed by atoms with Gasteiger partial charge in [-0.3, -0.25) is 4.40 Å². The Balaban J connectivity index is 2.23. The maximum absolute atomic E-state index is 5.66. The quantitative estimate of drug-likeness (QED) is 0.492. The predicted molar refractivity (Wildman–Crippen MR) is 96.7 cm³/mol. The molecule has 2 aromatic carbocycles. The molecule has 2 heterocycles. The molecule has 114 valence electrons. The van der Waals surface area contributed by atoms with Crippen LogP contribution in [0.5, 0.6) is 5.75 Å². The number of nitrogens with zero attached hydrogens (tertiary/aromatic N) is 2. The van der Waals surface area contributed by atoms with Crippen molar-refractivity contribution < 1.29 is 4.74 Å². The molecule has 0 saturated carbocycles. The van der Waals surface area contributed by atoms with E-state index in [4.69, 9.17) is 17.0 Å². The van der Waals surface area contributed by atoms with Gasteiger partial charge in [0.1, 0.15) is 5.75 Å². The van der Waals surface area contributed by atoms with E-state index in [-0.39, 0.29) is 0 Å². The zero-order valence-electron chi connectivity index (χ0n) is 13.0. The minimum atomic E-state index is 0.769. The van der Waals surface area contributed by atoms with Crippen LogP contribution in [0.3, 0.4) is 0 Å². The lowest BCUT2D eigenvalue weighted by molar-refractivity contribution is 0.416. The fraction of sp³-hybridized carbons (Fsp3) is 0.105. The van der Waals surface area contributed by atoms with Crippen molar-refractivity contribution in [2.45, 2.75) is 0 Å². The van der Waals surface area contributed by atoms with Gasteiger partial charge in [0.15, 0.2) is 4.77 Å². The van der Waals surface area contributed by atoms with Crippen molar-refractivity contribution in [3.05, 3.63) is 65.6 Å². The first kappa shape index (κ1) is 14.0. The van der Waals surface area contributed by atoms with Crippen molar-refractivity contribution in [1.29, 1.82) is 0 Å². The lowest BCUT2D eigenvalue weighted by Gasteiger charge is -2.13. The molecule has 3 nitrogen and oxygen atoms in total. The van der Waals surface area contributed by atoms with Gasteiger partial charge in [0.25, 0.3) is 0 Å². The number of methoxy groups -OCH3 is 1. The Morgan fingerprint density at radius 3 is 2.57 bits per heavy atom. The Labute approximate surface area is 139 Å². The van der Waals surface area contributed by atoms with Crippen LogP contribution in [0.25, 0.3) is 27.5 Å². The number of imidazole rings is 1. The van der Waals surface area contributed by atoms with Crippen molar-refractivity contribution in [3.63, 3.8) is 0 Å². The minimum Gasteiger partial charge on any atom is -0.496 e. The third-order valence-electron chi connectivity index (χ3n) is 4.28. The van der Waals surface area contributed by atoms with Crippen molar-refractivity contribution in [3.8, 4) is 17.0 Å². The van der Waals surface area contributed by atoms with Crippen LogP contribution in [0.4, 0.5) is 0 Å². The molecule has 0 aliphatic carbocycles. The smallest absolute Gasteiger partial charge is 0.184 e. The van der Waals surface area contributed by atoms with Gasteiger partial charge in [-0.1, -0.05) is 36.4 Å². The zero-order chi connectivity index (χ0) is 16.0. The summed E-state index contributed by atoms with van der Waals surface area (Å²) in [4.78, 5) is 0. The molecule has 0 radical (unpaired) electrons. The summed E-state index contributed by atoms with van der Waals surface area (Å²) in [6.45, 7) is 0. The van der Waals surface area contributed by atoms with E-state index in [1.165, 1.54) is 5.39 Å². The second kappa shape index (κ2) is 5.25. The molecule has 0 spiro atoms. The number of hydrogen-bond donors (Lipinski definition) is 0. The average molecular weight is 320 g/mol. The van der Waals surface area contributed by atoms with Crippen LogP contribution < -0.4 is 4.74 Å². The third-order valence-corrected chi connectivity index (χ3v) is 4.75. The monoisotopic (exact) mass is 320 g/mol. The van der Waals surface area contributed by atoms with E-state index in [1.54, 1.807) is 7.11 Å². The Kier molecular flexibility index (Phi) is 3.20. The summed E-state index contributed by atoms with van der Waals surface area (Å²) in [6.07, 6.45) is 2.00. The molecule has 4 heteroatoms. The number of rotatable bonds is 2. The maximum Gasteiger partial charge on any atom is 0.184 e. The molecule has 0 N–H and O–H groups in total. The van der Waals surface area contributed by atoms with Crippen LogP contribution in [-0.2, 0) is 7.05 Å². The Morgan fingerprint density at radius 2 is 1.74 bits per heavy atom. The first-order valence-corrected chi connectivity index (χ1v) is 7.85. The SMILES string of the molecule is COc1ccc2ccccc2c1-c1c2ccccn2c(=S)n1C. The second-order valence-electron chi connectivity index (χ2n) is 5.51. The van der Waals surface area contributed by atoms with Crippen LogP contribution >= 0.6 is 12.2 Å². The molecule has 23 heavy (non-hydrogen) atoms. The Bertz CT molecular complexity index is 1090. The summed E-state index contributed by atoms with van der Waals surface area (Å²) in [5.41, 5.74) is 3.23. The number of aromatic nitrogens is 2. The fourth-order valence-electron chi connectivity index (χ4n) is 3.19. The van der Waals surface area contributed by atoms with Gasteiger partial charge in [0.05, 0.1) is 23.9 Å². The highest BCUT2D eigenvalue weighted by Gasteiger charge is 2.18. The molecular weight excluding hydrogens is 304 g/mol. The Hall–Kier alpha value is -2.59. The van der Waals surface area contributed by atoms with Gasteiger partial charge in [-0.15, -0.1) is 0 Å². The predicted octanol–water partition coefficient (Wildman–Crippen LogP) is 4.84. The van der Waals surface area contributed by atoms with E-state index in [0.29, 0.717) is 0 Å². The summed E-state index contributed by atoms with van der Waals surface area (Å²) >= 11 is 5.60. The molecule has 0 fully saturated rings. The fourth-order valence-corrected chi connectivity index (χ4v) is 3.44. The summed E-state index contributed by atoms with van der Waals surface area (Å²) in [5, 5.41) is 2.35. The average Bonchev–Trinajstić information content (AvgIpc) is 2.85. The van der Waals surface area contributed by atoms with Crippen LogP contribution in [0, 0.1) is 4.77 Å². The molecular formula is C19H16N2OS. The highest BCUT2D eigenvalue weighted by molar-refractivity contribution is 7.71. The summed E-state index contributed by atoms with van der Waals surface area (Å²) in [6, 6.07) is 18.6. The van der Waals surface area contributed by atoms with Crippen LogP contribution in [-0.4, -0.2) is 16.1 Å². The van der Waals surface area contributed by atoms with Crippen molar-refractivity contribution in [1.82, 2.24) is 8.97 Å². The van der Waals surface area contributed by atoms with E-state index in [2.05, 4.69) is 41.0 Å². The van der Waals surface area contributed by atoms with E-state index in [1.807, 2.05) is 35.8 Å². The van der Waals surface area contributed by atoms with Crippen molar-refractivity contribution >= 4 is 28.5 Å². The molecule has 4 rings (SSSR count). The van der Waals surface area contributed by atoms with E-state index in [0.717, 1.165) is 32.7 Å². The first-order valence-electron chi connectivity index (χ1n) is 7.44. The number of benzene rings is 2. The van der Waals surface area contributed by atoms with Crippen LogP contribution in [0.15, 0.2) is 60.8 Å². The summed E-state index contributed by atoms with van der Waals surface area (Å²) < 4.78 is 10.5. The normalized spacial score (nSPS) is 11.2. The van der Waals surface area contributed by atoms with E-state index < -0.39 is 0 Å². The van der Waals surface area contributed by atoms with E-state index >= 15 is 0 Å². The molecule has 0 unspecified atom stereocenters. The van der Waals surface area contributed by atoms with E-state index in [9.17, 15) is 0 Å². The van der Waals surface area contributed by atoms with Crippen molar-refractivity contribution in [2.24, 2.45) is 7.05 Å². The molecule has 0 saturated heterocycles. The van der Waals surface area contributed by atoms with Crippen LogP contribution in [0.2, 0.25) is 0 Å². The first-order chi connectivity index (χ1) is 11.2. The Morgan fingerprint density at radius 1 is 0.957 bits per heavy atom. The molecule has 0 atom stereocenters. The van der Waals surface area contributed by atoms with Gasteiger partial charge in [-0.05, 0) is 41.2 Å². The zero-order valence-corrected chi connectivity index (χ0v) is 13.8. The van der Waals surface area contributed by atoms with Gasteiger partial charge >= 0.3 is 0 Å². The third kappa shape index (κ3) is 1.99. The lowest BCUT2D eigenvalue weighted by atomic mass is 10.00. The van der Waals surface area contributed by atoms with Gasteiger partial charge in [0.2, 0.25) is 0 Å². The second-order valence-corrected chi connectivity index (χ2v) is 5.88. The summed E-state index contributed by atoms with van der Waals surface area (Å²) in [5.74, 6) is 0.852. The van der Waals surface area contributed by atoms with Gasteiger partial charge in [0, 0.05) is 13.2 Å². The topological polar surface area (TPSA) is 18.6 Å². The molecule has 0 amide bonds. The lowest BCUT2D eigenvalue weighted by Crippen LogP contribution is -1.96. The molecule has 4 aromatic rings. The molecule has 0 bridgehead atoms. The number of hydrogen-bond acceptors (Lipinski definition) is 2. The molecule has 2 aromatic heterocycles. The number of pyridine rings is 1. The highest BCUT2D eigenvalue weighted by Crippen LogP contribution is 2.39. The molecule has 0 aliphatic rings. The number of ether oxygens (including phenoxy) is 1. The van der Waals surface area contributed by atoms with Gasteiger partial charge in [-0.2, -0.15) is 0 Å². The summed E-state index contributed by atoms with van der Waals surface area (Å²) in [7, 11) is 3.71. The minimum absolute atomic E-state index is 0.769.